The molecule has 0 unspecified atom stereocenters. The molecule has 2 atom stereocenters. The Balaban J connectivity index is 2.13. The fourth-order valence-corrected chi connectivity index (χ4v) is 3.10. The van der Waals surface area contributed by atoms with Crippen molar-refractivity contribution in [3.8, 4) is 11.5 Å². The van der Waals surface area contributed by atoms with Gasteiger partial charge in [-0.1, -0.05) is 43.6 Å². The average Bonchev–Trinajstić information content (AvgIpc) is 2.72. The highest BCUT2D eigenvalue weighted by atomic mass is 35.5. The van der Waals surface area contributed by atoms with Gasteiger partial charge in [-0.25, -0.2) is 4.79 Å². The molecular formula is C22H26ClNO5. The molecule has 0 saturated heterocycles. The Bertz CT molecular complexity index is 884. The smallest absolute Gasteiger partial charge is 0.339 e. The third-order valence-electron chi connectivity index (χ3n) is 4.68. The van der Waals surface area contributed by atoms with Crippen molar-refractivity contribution in [2.24, 2.45) is 0 Å². The highest BCUT2D eigenvalue weighted by Crippen LogP contribution is 2.36. The first-order valence-electron chi connectivity index (χ1n) is 9.34. The molecule has 0 spiro atoms. The maximum atomic E-state index is 12.6. The lowest BCUT2D eigenvalue weighted by molar-refractivity contribution is -0.123. The highest BCUT2D eigenvalue weighted by molar-refractivity contribution is 6.32. The second-order valence-corrected chi connectivity index (χ2v) is 7.03. The van der Waals surface area contributed by atoms with E-state index >= 15 is 0 Å². The Hall–Kier alpha value is -2.73. The monoisotopic (exact) mass is 419 g/mol. The van der Waals surface area contributed by atoms with E-state index in [2.05, 4.69) is 19.2 Å². The Morgan fingerprint density at radius 3 is 2.41 bits per heavy atom. The third kappa shape index (κ3) is 5.41. The number of benzene rings is 2. The zero-order chi connectivity index (χ0) is 21.6. The van der Waals surface area contributed by atoms with Crippen LogP contribution in [0.25, 0.3) is 0 Å². The predicted molar refractivity (Wildman–Crippen MR) is 113 cm³/mol. The number of ether oxygens (including phenoxy) is 3. The standard InChI is InChI=1S/C22H26ClNO5/c1-6-13(2)16-9-7-8-10-18(16)24-21(25)14(3)29-22(26)15-11-17(23)20(28-5)19(12-15)27-4/h7-14H,6H2,1-5H3,(H,24,25)/t13-,14-/m0/s1. The number of amides is 1. The zero-order valence-corrected chi connectivity index (χ0v) is 18.0. The zero-order valence-electron chi connectivity index (χ0n) is 17.2. The quantitative estimate of drug-likeness (QED) is 0.605. The van der Waals surface area contributed by atoms with Crippen molar-refractivity contribution in [1.82, 2.24) is 0 Å². The van der Waals surface area contributed by atoms with Gasteiger partial charge in [-0.05, 0) is 43.0 Å². The van der Waals surface area contributed by atoms with Gasteiger partial charge >= 0.3 is 5.97 Å². The number of nitrogens with one attached hydrogen (secondary N) is 1. The Labute approximate surface area is 176 Å². The minimum absolute atomic E-state index is 0.160. The molecule has 0 bridgehead atoms. The van der Waals surface area contributed by atoms with Crippen LogP contribution in [-0.2, 0) is 9.53 Å². The molecule has 7 heteroatoms. The molecule has 0 aliphatic carbocycles. The summed E-state index contributed by atoms with van der Waals surface area (Å²) in [5.74, 6) is -0.200. The summed E-state index contributed by atoms with van der Waals surface area (Å²) in [5.41, 5.74) is 1.91. The minimum atomic E-state index is -1.00. The van der Waals surface area contributed by atoms with Crippen LogP contribution in [0.4, 0.5) is 5.69 Å². The molecule has 0 aliphatic rings. The summed E-state index contributed by atoms with van der Waals surface area (Å²) in [6.45, 7) is 5.69. The summed E-state index contributed by atoms with van der Waals surface area (Å²) in [6, 6.07) is 10.5. The number of hydrogen-bond acceptors (Lipinski definition) is 5. The molecule has 2 aromatic rings. The lowest BCUT2D eigenvalue weighted by Gasteiger charge is -2.18. The van der Waals surface area contributed by atoms with Crippen LogP contribution in [-0.4, -0.2) is 32.2 Å². The van der Waals surface area contributed by atoms with E-state index in [0.29, 0.717) is 23.1 Å². The number of esters is 1. The van der Waals surface area contributed by atoms with E-state index in [0.717, 1.165) is 12.0 Å². The van der Waals surface area contributed by atoms with Crippen molar-refractivity contribution in [2.75, 3.05) is 19.5 Å². The number of carbonyl (C=O) groups is 2. The van der Waals surface area contributed by atoms with Crippen molar-refractivity contribution in [3.63, 3.8) is 0 Å². The van der Waals surface area contributed by atoms with Crippen LogP contribution >= 0.6 is 11.6 Å². The first kappa shape index (κ1) is 22.6. The summed E-state index contributed by atoms with van der Waals surface area (Å²) in [4.78, 5) is 25.1. The van der Waals surface area contributed by atoms with Crippen LogP contribution in [0.3, 0.4) is 0 Å². The van der Waals surface area contributed by atoms with Gasteiger partial charge in [0, 0.05) is 5.69 Å². The fraction of sp³-hybridized carbons (Fsp3) is 0.364. The number of methoxy groups -OCH3 is 2. The largest absolute Gasteiger partial charge is 0.493 e. The van der Waals surface area contributed by atoms with Crippen molar-refractivity contribution >= 4 is 29.2 Å². The SMILES string of the molecule is CC[C@H](C)c1ccccc1NC(=O)[C@H](C)OC(=O)c1cc(Cl)c(OC)c(OC)c1. The third-order valence-corrected chi connectivity index (χ3v) is 4.97. The molecule has 0 aromatic heterocycles. The molecule has 1 amide bonds. The van der Waals surface area contributed by atoms with Crippen molar-refractivity contribution in [2.45, 2.75) is 39.2 Å². The van der Waals surface area contributed by atoms with Crippen LogP contribution in [0.1, 0.15) is 49.0 Å². The molecule has 0 saturated carbocycles. The minimum Gasteiger partial charge on any atom is -0.493 e. The maximum Gasteiger partial charge on any atom is 0.339 e. The van der Waals surface area contributed by atoms with E-state index in [9.17, 15) is 9.59 Å². The summed E-state index contributed by atoms with van der Waals surface area (Å²) >= 11 is 6.13. The topological polar surface area (TPSA) is 73.9 Å². The normalized spacial score (nSPS) is 12.6. The van der Waals surface area contributed by atoms with E-state index in [1.165, 1.54) is 33.3 Å². The molecular weight excluding hydrogens is 394 g/mol. The summed E-state index contributed by atoms with van der Waals surface area (Å²) in [7, 11) is 2.89. The second-order valence-electron chi connectivity index (χ2n) is 6.63. The van der Waals surface area contributed by atoms with Gasteiger partial charge in [-0.3, -0.25) is 4.79 Å². The summed E-state index contributed by atoms with van der Waals surface area (Å²) in [6.07, 6.45) is -0.0586. The van der Waals surface area contributed by atoms with E-state index in [4.69, 9.17) is 25.8 Å². The van der Waals surface area contributed by atoms with E-state index in [1.54, 1.807) is 0 Å². The van der Waals surface area contributed by atoms with Gasteiger partial charge in [0.2, 0.25) is 0 Å². The van der Waals surface area contributed by atoms with Gasteiger partial charge in [0.25, 0.3) is 5.91 Å². The number of halogens is 1. The van der Waals surface area contributed by atoms with Gasteiger partial charge in [0.15, 0.2) is 17.6 Å². The lowest BCUT2D eigenvalue weighted by Crippen LogP contribution is -2.30. The molecule has 2 aromatic carbocycles. The van der Waals surface area contributed by atoms with Gasteiger partial charge in [0.1, 0.15) is 0 Å². The molecule has 0 radical (unpaired) electrons. The highest BCUT2D eigenvalue weighted by Gasteiger charge is 2.22. The molecule has 0 heterocycles. The molecule has 156 valence electrons. The van der Waals surface area contributed by atoms with Crippen molar-refractivity contribution in [1.29, 1.82) is 0 Å². The predicted octanol–water partition coefficient (Wildman–Crippen LogP) is 5.05. The maximum absolute atomic E-state index is 12.6. The van der Waals surface area contributed by atoms with Gasteiger partial charge in [0.05, 0.1) is 24.8 Å². The molecule has 1 N–H and O–H groups in total. The van der Waals surface area contributed by atoms with Crippen LogP contribution in [0.5, 0.6) is 11.5 Å². The number of rotatable bonds is 8. The Morgan fingerprint density at radius 1 is 1.10 bits per heavy atom. The molecule has 2 rings (SSSR count). The molecule has 0 aliphatic heterocycles. The van der Waals surface area contributed by atoms with Crippen molar-refractivity contribution in [3.05, 3.63) is 52.5 Å². The van der Waals surface area contributed by atoms with Crippen molar-refractivity contribution < 1.29 is 23.8 Å². The summed E-state index contributed by atoms with van der Waals surface area (Å²) < 4.78 is 15.7. The lowest BCUT2D eigenvalue weighted by atomic mass is 9.97. The second kappa shape index (κ2) is 10.2. The van der Waals surface area contributed by atoms with Crippen LogP contribution in [0.15, 0.2) is 36.4 Å². The number of anilines is 1. The molecule has 0 fully saturated rings. The van der Waals surface area contributed by atoms with E-state index in [1.807, 2.05) is 24.3 Å². The first-order valence-corrected chi connectivity index (χ1v) is 9.72. The first-order chi connectivity index (χ1) is 13.8. The van der Waals surface area contributed by atoms with Gasteiger partial charge in [-0.2, -0.15) is 0 Å². The van der Waals surface area contributed by atoms with E-state index in [-0.39, 0.29) is 10.6 Å². The van der Waals surface area contributed by atoms with Crippen LogP contribution in [0, 0.1) is 0 Å². The van der Waals surface area contributed by atoms with E-state index < -0.39 is 18.0 Å². The molecule has 6 nitrogen and oxygen atoms in total. The fourth-order valence-electron chi connectivity index (χ4n) is 2.81. The number of para-hydroxylation sites is 1. The number of carbonyl (C=O) groups excluding carboxylic acids is 2. The Morgan fingerprint density at radius 2 is 1.79 bits per heavy atom. The van der Waals surface area contributed by atoms with Gasteiger partial charge in [-0.15, -0.1) is 0 Å². The Kier molecular flexibility index (Phi) is 7.91. The van der Waals surface area contributed by atoms with Gasteiger partial charge < -0.3 is 19.5 Å². The van der Waals surface area contributed by atoms with Crippen LogP contribution < -0.4 is 14.8 Å². The average molecular weight is 420 g/mol. The number of hydrogen-bond donors (Lipinski definition) is 1. The molecule has 29 heavy (non-hydrogen) atoms. The summed E-state index contributed by atoms with van der Waals surface area (Å²) in [5, 5.41) is 3.05. The van der Waals surface area contributed by atoms with Crippen LogP contribution in [0.2, 0.25) is 5.02 Å².